The monoisotopic (exact) mass is 370 g/mol. The second-order valence-electron chi connectivity index (χ2n) is 5.86. The Kier molecular flexibility index (Phi) is 5.80. The van der Waals surface area contributed by atoms with E-state index < -0.39 is 6.09 Å². The molecule has 0 aromatic heterocycles. The van der Waals surface area contributed by atoms with Crippen molar-refractivity contribution in [1.29, 1.82) is 0 Å². The van der Waals surface area contributed by atoms with Gasteiger partial charge in [-0.15, -0.1) is 0 Å². The average molecular weight is 370 g/mol. The molecule has 2 aromatic carbocycles. The first-order chi connectivity index (χ1) is 13.1. The van der Waals surface area contributed by atoms with Crippen molar-refractivity contribution in [3.63, 3.8) is 0 Å². The molecule has 27 heavy (non-hydrogen) atoms. The van der Waals surface area contributed by atoms with E-state index in [4.69, 9.17) is 19.0 Å². The van der Waals surface area contributed by atoms with Gasteiger partial charge in [0.2, 0.25) is 6.79 Å². The molecule has 1 aliphatic heterocycles. The fraction of sp³-hybridized carbons (Fsp3) is 0.300. The number of methoxy groups -OCH3 is 1. The summed E-state index contributed by atoms with van der Waals surface area (Å²) in [7, 11) is 1.36. The molecule has 0 saturated heterocycles. The minimum Gasteiger partial charge on any atom is -0.454 e. The van der Waals surface area contributed by atoms with Crippen LogP contribution in [0.5, 0.6) is 11.5 Å². The van der Waals surface area contributed by atoms with Gasteiger partial charge in [0, 0.05) is 17.7 Å². The van der Waals surface area contributed by atoms with Gasteiger partial charge >= 0.3 is 6.09 Å². The van der Waals surface area contributed by atoms with Crippen LogP contribution >= 0.6 is 0 Å². The lowest BCUT2D eigenvalue weighted by atomic mass is 10.1. The second-order valence-corrected chi connectivity index (χ2v) is 5.86. The van der Waals surface area contributed by atoms with E-state index >= 15 is 0 Å². The van der Waals surface area contributed by atoms with Crippen LogP contribution in [0.25, 0.3) is 0 Å². The molecule has 0 saturated carbocycles. The second kappa shape index (κ2) is 8.44. The molecule has 0 N–H and O–H groups in total. The van der Waals surface area contributed by atoms with Crippen LogP contribution in [-0.2, 0) is 16.2 Å². The van der Waals surface area contributed by atoms with Crippen molar-refractivity contribution < 1.29 is 23.8 Å². The molecular formula is C20H22N2O5. The number of nitrogens with zero attached hydrogens (tertiary/aromatic N) is 2. The summed E-state index contributed by atoms with van der Waals surface area (Å²) < 4.78 is 15.5. The lowest BCUT2D eigenvalue weighted by Gasteiger charge is -2.21. The van der Waals surface area contributed by atoms with E-state index in [2.05, 4.69) is 5.16 Å². The standard InChI is InChI=1S/C20H22N2O5/c1-4-22(20(23)24-3)17-8-6-5-7-16(17)12-27-21-14(2)15-9-10-18-19(11-15)26-13-25-18/h5-11H,4,12-13H2,1-3H3. The van der Waals surface area contributed by atoms with Crippen LogP contribution in [0.2, 0.25) is 0 Å². The Hall–Kier alpha value is -3.22. The molecule has 7 heteroatoms. The molecule has 1 amide bonds. The largest absolute Gasteiger partial charge is 0.454 e. The maximum absolute atomic E-state index is 12.0. The van der Waals surface area contributed by atoms with Crippen LogP contribution < -0.4 is 14.4 Å². The summed E-state index contributed by atoms with van der Waals surface area (Å²) in [5, 5.41) is 4.19. The number of anilines is 1. The Morgan fingerprint density at radius 1 is 1.19 bits per heavy atom. The predicted molar refractivity (Wildman–Crippen MR) is 101 cm³/mol. The number of hydrogen-bond donors (Lipinski definition) is 0. The Labute approximate surface area is 158 Å². The number of hydrogen-bond acceptors (Lipinski definition) is 6. The number of rotatable bonds is 6. The van der Waals surface area contributed by atoms with Crippen LogP contribution in [0.4, 0.5) is 10.5 Å². The van der Waals surface area contributed by atoms with E-state index in [1.807, 2.05) is 56.3 Å². The molecule has 0 aliphatic carbocycles. The van der Waals surface area contributed by atoms with Gasteiger partial charge in [-0.1, -0.05) is 23.4 Å². The quantitative estimate of drug-likeness (QED) is 0.569. The van der Waals surface area contributed by atoms with Crippen LogP contribution in [0.15, 0.2) is 47.6 Å². The van der Waals surface area contributed by atoms with Gasteiger partial charge in [0.05, 0.1) is 18.5 Å². The van der Waals surface area contributed by atoms with Crippen molar-refractivity contribution in [2.24, 2.45) is 5.16 Å². The highest BCUT2D eigenvalue weighted by atomic mass is 16.7. The topological polar surface area (TPSA) is 69.6 Å². The molecule has 1 aliphatic rings. The number of para-hydroxylation sites is 1. The smallest absolute Gasteiger partial charge is 0.413 e. The molecule has 1 heterocycles. The Morgan fingerprint density at radius 2 is 1.96 bits per heavy atom. The normalized spacial score (nSPS) is 12.6. The molecule has 0 atom stereocenters. The Morgan fingerprint density at radius 3 is 2.74 bits per heavy atom. The molecule has 0 unspecified atom stereocenters. The van der Waals surface area contributed by atoms with E-state index in [9.17, 15) is 4.79 Å². The van der Waals surface area contributed by atoms with Crippen LogP contribution in [0.3, 0.4) is 0 Å². The third-order valence-electron chi connectivity index (χ3n) is 4.21. The molecule has 0 bridgehead atoms. The first kappa shape index (κ1) is 18.6. The fourth-order valence-corrected chi connectivity index (χ4v) is 2.78. The summed E-state index contributed by atoms with van der Waals surface area (Å²) in [5.41, 5.74) is 3.18. The van der Waals surface area contributed by atoms with Crippen molar-refractivity contribution in [3.05, 3.63) is 53.6 Å². The third kappa shape index (κ3) is 4.13. The van der Waals surface area contributed by atoms with Crippen molar-refractivity contribution in [2.75, 3.05) is 25.3 Å². The van der Waals surface area contributed by atoms with E-state index in [1.165, 1.54) is 7.11 Å². The van der Waals surface area contributed by atoms with Crippen molar-refractivity contribution in [3.8, 4) is 11.5 Å². The lowest BCUT2D eigenvalue weighted by molar-refractivity contribution is 0.130. The molecule has 0 fully saturated rings. The summed E-state index contributed by atoms with van der Waals surface area (Å²) in [5.74, 6) is 1.42. The molecule has 3 rings (SSSR count). The van der Waals surface area contributed by atoms with Crippen LogP contribution in [0.1, 0.15) is 25.0 Å². The first-order valence-corrected chi connectivity index (χ1v) is 8.64. The first-order valence-electron chi connectivity index (χ1n) is 8.64. The average Bonchev–Trinajstić information content (AvgIpc) is 3.17. The molecule has 0 spiro atoms. The minimum absolute atomic E-state index is 0.228. The number of carbonyl (C=O) groups is 1. The zero-order chi connectivity index (χ0) is 19.2. The lowest BCUT2D eigenvalue weighted by Crippen LogP contribution is -2.31. The Balaban J connectivity index is 1.71. The van der Waals surface area contributed by atoms with Gasteiger partial charge in [-0.3, -0.25) is 4.90 Å². The zero-order valence-electron chi connectivity index (χ0n) is 15.6. The summed E-state index contributed by atoms with van der Waals surface area (Å²) in [4.78, 5) is 19.1. The highest BCUT2D eigenvalue weighted by Gasteiger charge is 2.17. The van der Waals surface area contributed by atoms with Gasteiger partial charge in [0.15, 0.2) is 11.5 Å². The maximum Gasteiger partial charge on any atom is 0.413 e. The number of benzene rings is 2. The fourth-order valence-electron chi connectivity index (χ4n) is 2.78. The van der Waals surface area contributed by atoms with Gasteiger partial charge < -0.3 is 19.0 Å². The van der Waals surface area contributed by atoms with E-state index in [0.717, 1.165) is 22.6 Å². The number of ether oxygens (including phenoxy) is 3. The number of amides is 1. The number of oxime groups is 1. The molecule has 142 valence electrons. The van der Waals surface area contributed by atoms with E-state index in [1.54, 1.807) is 4.90 Å². The molecule has 0 radical (unpaired) electrons. The van der Waals surface area contributed by atoms with Gasteiger partial charge in [0.1, 0.15) is 6.61 Å². The van der Waals surface area contributed by atoms with Gasteiger partial charge in [0.25, 0.3) is 0 Å². The summed E-state index contributed by atoms with van der Waals surface area (Å²) in [6.07, 6.45) is -0.412. The third-order valence-corrected chi connectivity index (χ3v) is 4.21. The van der Waals surface area contributed by atoms with Crippen LogP contribution in [0, 0.1) is 0 Å². The van der Waals surface area contributed by atoms with Gasteiger partial charge in [-0.25, -0.2) is 4.79 Å². The SMILES string of the molecule is CCN(C(=O)OC)c1ccccc1CON=C(C)c1ccc2c(c1)OCO2. The minimum atomic E-state index is -0.412. The summed E-state index contributed by atoms with van der Waals surface area (Å²) in [6, 6.07) is 13.1. The van der Waals surface area contributed by atoms with Crippen molar-refractivity contribution >= 4 is 17.5 Å². The number of carbonyl (C=O) groups excluding carboxylic acids is 1. The highest BCUT2D eigenvalue weighted by molar-refractivity contribution is 5.98. The van der Waals surface area contributed by atoms with E-state index in [0.29, 0.717) is 18.0 Å². The molecular weight excluding hydrogens is 348 g/mol. The van der Waals surface area contributed by atoms with Gasteiger partial charge in [-0.2, -0.15) is 0 Å². The zero-order valence-corrected chi connectivity index (χ0v) is 15.6. The predicted octanol–water partition coefficient (Wildman–Crippen LogP) is 3.95. The maximum atomic E-state index is 12.0. The molecule has 7 nitrogen and oxygen atoms in total. The molecule has 2 aromatic rings. The summed E-state index contributed by atoms with van der Waals surface area (Å²) >= 11 is 0. The number of fused-ring (bicyclic) bond motifs is 1. The highest BCUT2D eigenvalue weighted by Crippen LogP contribution is 2.32. The van der Waals surface area contributed by atoms with Crippen molar-refractivity contribution in [2.45, 2.75) is 20.5 Å². The van der Waals surface area contributed by atoms with Crippen LogP contribution in [-0.4, -0.2) is 32.3 Å². The Bertz CT molecular complexity index is 850. The summed E-state index contributed by atoms with van der Waals surface area (Å²) in [6.45, 7) is 4.69. The van der Waals surface area contributed by atoms with Crippen molar-refractivity contribution in [1.82, 2.24) is 0 Å². The van der Waals surface area contributed by atoms with Gasteiger partial charge in [-0.05, 0) is 38.1 Å². The van der Waals surface area contributed by atoms with E-state index in [-0.39, 0.29) is 13.4 Å².